The first-order valence-electron chi connectivity index (χ1n) is 16.1. The molecule has 2 aliphatic carbocycles. The molecule has 0 radical (unpaired) electrons. The summed E-state index contributed by atoms with van der Waals surface area (Å²) >= 11 is 0. The van der Waals surface area contributed by atoms with Gasteiger partial charge in [-0.25, -0.2) is 9.59 Å². The minimum atomic E-state index is -1.59. The Balaban J connectivity index is 1.96. The highest BCUT2D eigenvalue weighted by atomic mass is 16.6. The summed E-state index contributed by atoms with van der Waals surface area (Å²) in [5.74, 6) is -4.95. The summed E-state index contributed by atoms with van der Waals surface area (Å²) in [6.45, 7) is 8.88. The lowest BCUT2D eigenvalue weighted by molar-refractivity contribution is -0.195. The molecule has 10 heteroatoms. The second kappa shape index (κ2) is 15.1. The van der Waals surface area contributed by atoms with E-state index in [1.54, 1.807) is 99.7 Å². The van der Waals surface area contributed by atoms with E-state index < -0.39 is 77.6 Å². The maximum atomic E-state index is 13.8. The van der Waals surface area contributed by atoms with Gasteiger partial charge in [0.25, 0.3) is 0 Å². The zero-order chi connectivity index (χ0) is 35.2. The summed E-state index contributed by atoms with van der Waals surface area (Å²) in [5.41, 5.74) is -1.97. The van der Waals surface area contributed by atoms with Crippen molar-refractivity contribution in [3.8, 4) is 0 Å². The molecule has 2 aromatic rings. The fourth-order valence-electron chi connectivity index (χ4n) is 6.68. The average molecular weight is 661 g/mol. The Morgan fingerprint density at radius 1 is 0.833 bits per heavy atom. The van der Waals surface area contributed by atoms with E-state index in [1.165, 1.54) is 13.8 Å². The van der Waals surface area contributed by atoms with Crippen LogP contribution < -0.4 is 0 Å². The van der Waals surface area contributed by atoms with E-state index in [2.05, 4.69) is 0 Å². The fraction of sp³-hybridized carbons (Fsp3) is 0.447. The van der Waals surface area contributed by atoms with Gasteiger partial charge in [-0.1, -0.05) is 68.5 Å². The summed E-state index contributed by atoms with van der Waals surface area (Å²) < 4.78 is 24.2. The minimum absolute atomic E-state index is 0.117. The third-order valence-corrected chi connectivity index (χ3v) is 9.11. The van der Waals surface area contributed by atoms with Gasteiger partial charge in [0.15, 0.2) is 5.60 Å². The number of esters is 4. The molecule has 0 amide bonds. The molecule has 256 valence electrons. The summed E-state index contributed by atoms with van der Waals surface area (Å²) in [6.07, 6.45) is 1.55. The molecule has 1 fully saturated rings. The summed E-state index contributed by atoms with van der Waals surface area (Å²) in [4.78, 5) is 66.1. The maximum Gasteiger partial charge on any atom is 0.338 e. The standard InChI is InChI=1S/C38H44O10/c1-23-17-18-37(5,6)32(42)20-31(46-35(43)27-13-9-7-10-14-27)29(22-39)19-30-33(47-36(44)28-15-11-8-12-16-28)24(2)21-38(30,48-26(4)41)34(23)45-25(3)40/h7-19,23-24,30-31,33-34,39H,20-22H2,1-6H3/t23-,24-,30+,31-,33+,34-,38-/m1/s1. The number of carbonyl (C=O) groups is 5. The van der Waals surface area contributed by atoms with E-state index >= 15 is 0 Å². The summed E-state index contributed by atoms with van der Waals surface area (Å²) in [5, 5.41) is 10.8. The quantitative estimate of drug-likeness (QED) is 0.232. The minimum Gasteiger partial charge on any atom is -0.458 e. The molecule has 7 atom stereocenters. The molecule has 10 nitrogen and oxygen atoms in total. The predicted octanol–water partition coefficient (Wildman–Crippen LogP) is 5.44. The van der Waals surface area contributed by atoms with Crippen molar-refractivity contribution in [2.75, 3.05) is 6.61 Å². The van der Waals surface area contributed by atoms with Crippen LogP contribution in [0.1, 0.15) is 75.1 Å². The van der Waals surface area contributed by atoms with Gasteiger partial charge < -0.3 is 24.1 Å². The van der Waals surface area contributed by atoms with Gasteiger partial charge in [0.2, 0.25) is 0 Å². The van der Waals surface area contributed by atoms with Gasteiger partial charge in [0, 0.05) is 31.6 Å². The molecule has 0 spiro atoms. The van der Waals surface area contributed by atoms with Gasteiger partial charge in [-0.05, 0) is 56.0 Å². The molecule has 0 bridgehead atoms. The molecule has 0 unspecified atom stereocenters. The lowest BCUT2D eigenvalue weighted by atomic mass is 9.75. The zero-order valence-corrected chi connectivity index (χ0v) is 28.2. The SMILES string of the molecule is CC(=O)O[C@@H]1[C@H](C)C=CC(C)(C)C(=O)C[C@@H](OC(=O)c2ccccc2)C(CO)=C[C@H]2[C@@H](OC(=O)c3ccccc3)[C@H](C)C[C@]12OC(C)=O. The molecular weight excluding hydrogens is 616 g/mol. The molecule has 0 aromatic heterocycles. The number of fused-ring (bicyclic) bond motifs is 1. The van der Waals surface area contributed by atoms with Crippen molar-refractivity contribution in [3.63, 3.8) is 0 Å². The number of hydrogen-bond acceptors (Lipinski definition) is 10. The van der Waals surface area contributed by atoms with Crippen molar-refractivity contribution in [1.82, 2.24) is 0 Å². The van der Waals surface area contributed by atoms with Crippen molar-refractivity contribution < 1.29 is 48.0 Å². The Labute approximate surface area is 281 Å². The Kier molecular flexibility index (Phi) is 11.4. The first-order chi connectivity index (χ1) is 22.7. The van der Waals surface area contributed by atoms with Crippen LogP contribution >= 0.6 is 0 Å². The van der Waals surface area contributed by atoms with Crippen molar-refractivity contribution in [2.45, 2.75) is 78.3 Å². The lowest BCUT2D eigenvalue weighted by Gasteiger charge is -2.43. The van der Waals surface area contributed by atoms with Crippen LogP contribution in [0.4, 0.5) is 0 Å². The number of hydrogen-bond donors (Lipinski definition) is 1. The van der Waals surface area contributed by atoms with Crippen LogP contribution in [0.5, 0.6) is 0 Å². The van der Waals surface area contributed by atoms with E-state index in [1.807, 2.05) is 6.92 Å². The van der Waals surface area contributed by atoms with E-state index in [-0.39, 0.29) is 29.8 Å². The fourth-order valence-corrected chi connectivity index (χ4v) is 6.68. The van der Waals surface area contributed by atoms with Crippen LogP contribution in [0.25, 0.3) is 0 Å². The topological polar surface area (TPSA) is 143 Å². The molecule has 0 heterocycles. The lowest BCUT2D eigenvalue weighted by Crippen LogP contribution is -2.55. The molecule has 0 saturated heterocycles. The van der Waals surface area contributed by atoms with Crippen LogP contribution in [-0.2, 0) is 33.3 Å². The molecule has 48 heavy (non-hydrogen) atoms. The van der Waals surface area contributed by atoms with Crippen molar-refractivity contribution in [2.24, 2.45) is 23.2 Å². The van der Waals surface area contributed by atoms with Crippen LogP contribution in [-0.4, -0.2) is 65.3 Å². The summed E-state index contributed by atoms with van der Waals surface area (Å²) in [6, 6.07) is 16.6. The van der Waals surface area contributed by atoms with E-state index in [0.717, 1.165) is 0 Å². The highest BCUT2D eigenvalue weighted by molar-refractivity contribution is 5.91. The second-order valence-electron chi connectivity index (χ2n) is 13.2. The molecule has 1 N–H and O–H groups in total. The zero-order valence-electron chi connectivity index (χ0n) is 28.2. The Bertz CT molecular complexity index is 1560. The first kappa shape index (κ1) is 36.3. The number of benzene rings is 2. The van der Waals surface area contributed by atoms with Crippen LogP contribution in [0.15, 0.2) is 84.5 Å². The monoisotopic (exact) mass is 660 g/mol. The van der Waals surface area contributed by atoms with Crippen molar-refractivity contribution >= 4 is 29.7 Å². The summed E-state index contributed by atoms with van der Waals surface area (Å²) in [7, 11) is 0. The maximum absolute atomic E-state index is 13.8. The van der Waals surface area contributed by atoms with Gasteiger partial charge in [0.1, 0.15) is 24.1 Å². The number of aliphatic hydroxyl groups is 1. The molecule has 2 aliphatic rings. The van der Waals surface area contributed by atoms with Gasteiger partial charge in [0.05, 0.1) is 23.7 Å². The number of Topliss-reactive ketones (excluding diaryl/α,β-unsaturated/α-hetero) is 1. The van der Waals surface area contributed by atoms with Crippen molar-refractivity contribution in [3.05, 3.63) is 95.6 Å². The van der Waals surface area contributed by atoms with E-state index in [4.69, 9.17) is 18.9 Å². The number of carbonyl (C=O) groups excluding carboxylic acids is 5. The highest BCUT2D eigenvalue weighted by Crippen LogP contribution is 2.51. The normalized spacial score (nSPS) is 28.5. The molecular formula is C38H44O10. The number of ether oxygens (including phenoxy) is 4. The molecule has 2 aromatic carbocycles. The number of aliphatic hydroxyl groups excluding tert-OH is 1. The Morgan fingerprint density at radius 2 is 1.40 bits per heavy atom. The molecule has 1 saturated carbocycles. The second-order valence-corrected chi connectivity index (χ2v) is 13.2. The van der Waals surface area contributed by atoms with Crippen molar-refractivity contribution in [1.29, 1.82) is 0 Å². The van der Waals surface area contributed by atoms with E-state index in [9.17, 15) is 29.1 Å². The number of allylic oxidation sites excluding steroid dienone is 1. The van der Waals surface area contributed by atoms with Gasteiger partial charge >= 0.3 is 23.9 Å². The van der Waals surface area contributed by atoms with Gasteiger partial charge in [-0.15, -0.1) is 0 Å². The number of rotatable bonds is 7. The van der Waals surface area contributed by atoms with Crippen LogP contribution in [0, 0.1) is 23.2 Å². The van der Waals surface area contributed by atoms with E-state index in [0.29, 0.717) is 5.56 Å². The Hall–Kier alpha value is -4.57. The third-order valence-electron chi connectivity index (χ3n) is 9.11. The van der Waals surface area contributed by atoms with Crippen LogP contribution in [0.3, 0.4) is 0 Å². The van der Waals surface area contributed by atoms with Gasteiger partial charge in [-0.2, -0.15) is 0 Å². The highest BCUT2D eigenvalue weighted by Gasteiger charge is 2.62. The Morgan fingerprint density at radius 3 is 1.92 bits per heavy atom. The molecule has 0 aliphatic heterocycles. The first-order valence-corrected chi connectivity index (χ1v) is 16.1. The predicted molar refractivity (Wildman–Crippen MR) is 175 cm³/mol. The third kappa shape index (κ3) is 8.10. The number of ketones is 1. The van der Waals surface area contributed by atoms with Gasteiger partial charge in [-0.3, -0.25) is 14.4 Å². The average Bonchev–Trinajstić information content (AvgIpc) is 3.30. The van der Waals surface area contributed by atoms with Crippen LogP contribution in [0.2, 0.25) is 0 Å². The molecule has 4 rings (SSSR count). The largest absolute Gasteiger partial charge is 0.458 e. The smallest absolute Gasteiger partial charge is 0.338 e.